The minimum absolute atomic E-state index is 0.603. The van der Waals surface area contributed by atoms with Gasteiger partial charge in [0.15, 0.2) is 0 Å². The Labute approximate surface area is 187 Å². The van der Waals surface area contributed by atoms with E-state index in [2.05, 4.69) is 86.3 Å². The molecule has 0 unspecified atom stereocenters. The highest BCUT2D eigenvalue weighted by Gasteiger charge is 2.28. The number of hydrogen-bond donors (Lipinski definition) is 0. The van der Waals surface area contributed by atoms with E-state index < -0.39 is 0 Å². The molecule has 0 radical (unpaired) electrons. The molecule has 2 heteroatoms. The van der Waals surface area contributed by atoms with Gasteiger partial charge in [-0.25, -0.2) is 4.99 Å². The lowest BCUT2D eigenvalue weighted by Crippen LogP contribution is -2.28. The molecule has 0 spiro atoms. The summed E-state index contributed by atoms with van der Waals surface area (Å²) in [7, 11) is 2.18. The van der Waals surface area contributed by atoms with Gasteiger partial charge in [0.25, 0.3) is 0 Å². The van der Waals surface area contributed by atoms with Crippen LogP contribution in [0.1, 0.15) is 55.7 Å². The van der Waals surface area contributed by atoms with Crippen molar-refractivity contribution < 1.29 is 0 Å². The molecule has 31 heavy (non-hydrogen) atoms. The van der Waals surface area contributed by atoms with Crippen molar-refractivity contribution in [2.24, 2.45) is 10.9 Å². The topological polar surface area (TPSA) is 15.6 Å². The van der Waals surface area contributed by atoms with Crippen LogP contribution in [0.3, 0.4) is 0 Å². The van der Waals surface area contributed by atoms with Gasteiger partial charge in [-0.3, -0.25) is 0 Å². The molecule has 1 aliphatic heterocycles. The van der Waals surface area contributed by atoms with Crippen LogP contribution in [0.15, 0.2) is 89.3 Å². The number of nitrogens with zero attached hydrogens (tertiary/aromatic N) is 2. The van der Waals surface area contributed by atoms with Crippen LogP contribution in [0.5, 0.6) is 0 Å². The third-order valence-electron chi connectivity index (χ3n) is 6.73. The predicted molar refractivity (Wildman–Crippen MR) is 133 cm³/mol. The highest BCUT2D eigenvalue weighted by atomic mass is 15.2. The zero-order valence-corrected chi connectivity index (χ0v) is 19.0. The van der Waals surface area contributed by atoms with E-state index >= 15 is 0 Å². The summed E-state index contributed by atoms with van der Waals surface area (Å²) in [6.45, 7) is 6.06. The van der Waals surface area contributed by atoms with E-state index in [-0.39, 0.29) is 0 Å². The van der Waals surface area contributed by atoms with E-state index in [4.69, 9.17) is 4.99 Å². The summed E-state index contributed by atoms with van der Waals surface area (Å²) in [4.78, 5) is 7.16. The summed E-state index contributed by atoms with van der Waals surface area (Å²) >= 11 is 0. The largest absolute Gasteiger partial charge is 0.332 e. The SMILES string of the molecule is C=C/C(C)=C1/N=CC(c2ccc(CCc3ccccc3)cc2)=C(C2CCCCC2)N1C. The third kappa shape index (κ3) is 4.90. The number of hydrogen-bond acceptors (Lipinski definition) is 2. The second kappa shape index (κ2) is 9.96. The Kier molecular flexibility index (Phi) is 6.86. The average Bonchev–Trinajstić information content (AvgIpc) is 2.83. The Balaban J connectivity index is 1.61. The molecule has 1 heterocycles. The van der Waals surface area contributed by atoms with Crippen LogP contribution in [0.2, 0.25) is 0 Å². The lowest BCUT2D eigenvalue weighted by Gasteiger charge is -2.36. The van der Waals surface area contributed by atoms with Gasteiger partial charge in [-0.15, -0.1) is 0 Å². The Morgan fingerprint density at radius 2 is 1.61 bits per heavy atom. The first-order chi connectivity index (χ1) is 15.2. The van der Waals surface area contributed by atoms with Crippen molar-refractivity contribution in [1.29, 1.82) is 0 Å². The first kappa shape index (κ1) is 21.4. The second-order valence-electron chi connectivity index (χ2n) is 8.84. The zero-order valence-electron chi connectivity index (χ0n) is 19.0. The molecule has 2 nitrogen and oxygen atoms in total. The molecule has 1 saturated carbocycles. The van der Waals surface area contributed by atoms with Gasteiger partial charge in [0, 0.05) is 24.5 Å². The summed E-state index contributed by atoms with van der Waals surface area (Å²) in [5, 5.41) is 0. The van der Waals surface area contributed by atoms with Crippen LogP contribution in [-0.2, 0) is 12.8 Å². The molecule has 4 rings (SSSR count). The van der Waals surface area contributed by atoms with Crippen LogP contribution in [0.4, 0.5) is 0 Å². The molecule has 0 aromatic heterocycles. The van der Waals surface area contributed by atoms with E-state index in [1.807, 2.05) is 6.08 Å². The molecule has 0 N–H and O–H groups in total. The monoisotopic (exact) mass is 410 g/mol. The predicted octanol–water partition coefficient (Wildman–Crippen LogP) is 7.20. The van der Waals surface area contributed by atoms with E-state index in [0.29, 0.717) is 5.92 Å². The smallest absolute Gasteiger partial charge is 0.135 e. The molecule has 0 amide bonds. The van der Waals surface area contributed by atoms with Gasteiger partial charge >= 0.3 is 0 Å². The second-order valence-corrected chi connectivity index (χ2v) is 8.84. The minimum atomic E-state index is 0.603. The third-order valence-corrected chi connectivity index (χ3v) is 6.73. The first-order valence-electron chi connectivity index (χ1n) is 11.7. The number of aliphatic imine (C=N–C) groups is 1. The molecule has 2 aromatic rings. The number of aryl methyl sites for hydroxylation is 2. The summed E-state index contributed by atoms with van der Waals surface area (Å²) < 4.78 is 0. The number of rotatable bonds is 6. The van der Waals surface area contributed by atoms with Gasteiger partial charge in [0.1, 0.15) is 5.82 Å². The number of benzene rings is 2. The Morgan fingerprint density at radius 3 is 2.26 bits per heavy atom. The number of allylic oxidation sites excluding steroid dienone is 4. The maximum absolute atomic E-state index is 4.83. The first-order valence-corrected chi connectivity index (χ1v) is 11.7. The van der Waals surface area contributed by atoms with E-state index in [1.165, 1.54) is 60.1 Å². The molecular weight excluding hydrogens is 376 g/mol. The fourth-order valence-corrected chi connectivity index (χ4v) is 4.91. The van der Waals surface area contributed by atoms with Gasteiger partial charge in [0.2, 0.25) is 0 Å². The Morgan fingerprint density at radius 1 is 0.968 bits per heavy atom. The van der Waals surface area contributed by atoms with Crippen LogP contribution in [-0.4, -0.2) is 18.2 Å². The normalized spacial score (nSPS) is 19.0. The van der Waals surface area contributed by atoms with Crippen LogP contribution >= 0.6 is 0 Å². The maximum Gasteiger partial charge on any atom is 0.135 e. The maximum atomic E-state index is 4.83. The zero-order chi connectivity index (χ0) is 21.6. The Hall–Kier alpha value is -2.87. The van der Waals surface area contributed by atoms with Crippen molar-refractivity contribution >= 4 is 11.8 Å². The minimum Gasteiger partial charge on any atom is -0.332 e. The van der Waals surface area contributed by atoms with Gasteiger partial charge in [-0.05, 0) is 60.8 Å². The highest BCUT2D eigenvalue weighted by molar-refractivity contribution is 6.12. The van der Waals surface area contributed by atoms with Crippen molar-refractivity contribution in [3.8, 4) is 0 Å². The summed E-state index contributed by atoms with van der Waals surface area (Å²) in [5.74, 6) is 1.63. The molecular formula is C29H34N2. The Bertz CT molecular complexity index is 987. The molecule has 0 bridgehead atoms. The summed E-state index contributed by atoms with van der Waals surface area (Å²) in [6.07, 6.45) is 12.7. The van der Waals surface area contributed by atoms with E-state index in [9.17, 15) is 0 Å². The highest BCUT2D eigenvalue weighted by Crippen LogP contribution is 2.39. The molecule has 0 atom stereocenters. The van der Waals surface area contributed by atoms with Crippen molar-refractivity contribution in [1.82, 2.24) is 4.90 Å². The standard InChI is InChI=1S/C29H34N2/c1-4-22(2)29-30-21-27(28(31(29)3)26-13-9-6-10-14-26)25-19-17-24(18-20-25)16-15-23-11-7-5-8-12-23/h4-5,7-8,11-12,17-21,26H,1,6,9-10,13-16H2,2-3H3/b29-22-. The molecule has 2 aromatic carbocycles. The fraction of sp³-hybridized carbons (Fsp3) is 0.345. The van der Waals surface area contributed by atoms with Crippen molar-refractivity contribution in [2.75, 3.05) is 7.05 Å². The van der Waals surface area contributed by atoms with Gasteiger partial charge in [-0.2, -0.15) is 0 Å². The van der Waals surface area contributed by atoms with Crippen molar-refractivity contribution in [3.63, 3.8) is 0 Å². The van der Waals surface area contributed by atoms with Crippen LogP contribution in [0, 0.1) is 5.92 Å². The lowest BCUT2D eigenvalue weighted by atomic mass is 9.83. The van der Waals surface area contributed by atoms with Crippen LogP contribution in [0.25, 0.3) is 5.57 Å². The lowest BCUT2D eigenvalue weighted by molar-refractivity contribution is 0.334. The molecule has 160 valence electrons. The van der Waals surface area contributed by atoms with Crippen LogP contribution < -0.4 is 0 Å². The summed E-state index contributed by atoms with van der Waals surface area (Å²) in [5.41, 5.74) is 7.90. The van der Waals surface area contributed by atoms with Crippen molar-refractivity contribution in [2.45, 2.75) is 51.9 Å². The van der Waals surface area contributed by atoms with Gasteiger partial charge < -0.3 is 4.90 Å². The summed E-state index contributed by atoms with van der Waals surface area (Å²) in [6, 6.07) is 19.9. The molecule has 1 aliphatic carbocycles. The molecule has 1 fully saturated rings. The molecule has 0 saturated heterocycles. The average molecular weight is 411 g/mol. The quantitative estimate of drug-likeness (QED) is 0.492. The molecule has 2 aliphatic rings. The van der Waals surface area contributed by atoms with Gasteiger partial charge in [-0.1, -0.05) is 86.5 Å². The van der Waals surface area contributed by atoms with Crippen molar-refractivity contribution in [3.05, 3.63) is 101 Å². The van der Waals surface area contributed by atoms with Gasteiger partial charge in [0.05, 0.1) is 0 Å². The van der Waals surface area contributed by atoms with E-state index in [1.54, 1.807) is 0 Å². The van der Waals surface area contributed by atoms with E-state index in [0.717, 1.165) is 24.2 Å². The fourth-order valence-electron chi connectivity index (χ4n) is 4.91.